The van der Waals surface area contributed by atoms with Crippen LogP contribution in [0.2, 0.25) is 0 Å². The van der Waals surface area contributed by atoms with Gasteiger partial charge in [0.1, 0.15) is 0 Å². The van der Waals surface area contributed by atoms with Gasteiger partial charge in [-0.3, -0.25) is 11.3 Å². The van der Waals surface area contributed by atoms with E-state index in [4.69, 9.17) is 5.84 Å². The Morgan fingerprint density at radius 1 is 1.25 bits per heavy atom. The molecule has 0 aliphatic heterocycles. The van der Waals surface area contributed by atoms with E-state index in [-0.39, 0.29) is 0 Å². The first-order chi connectivity index (χ1) is 9.60. The Balaban J connectivity index is 1.93. The number of benzene rings is 1. The third-order valence-electron chi connectivity index (χ3n) is 4.25. The van der Waals surface area contributed by atoms with Crippen LogP contribution in [0.3, 0.4) is 0 Å². The normalized spacial score (nSPS) is 28.3. The Hall–Kier alpha value is -0.0300. The van der Waals surface area contributed by atoms with Crippen molar-refractivity contribution in [2.75, 3.05) is 5.75 Å². The maximum Gasteiger partial charge on any atom is 0.0333 e. The van der Waals surface area contributed by atoms with E-state index in [1.807, 2.05) is 11.8 Å². The molecule has 0 radical (unpaired) electrons. The number of rotatable bonds is 5. The lowest BCUT2D eigenvalue weighted by molar-refractivity contribution is 0.185. The highest BCUT2D eigenvalue weighted by molar-refractivity contribution is 9.10. The average Bonchev–Trinajstić information content (AvgIpc) is 2.40. The SMILES string of the molecule is CC1CC(C)CC(C(CSc2ccccc2Br)NN)C1. The summed E-state index contributed by atoms with van der Waals surface area (Å²) < 4.78 is 1.17. The molecule has 2 rings (SSSR count). The van der Waals surface area contributed by atoms with Gasteiger partial charge < -0.3 is 0 Å². The maximum atomic E-state index is 5.82. The van der Waals surface area contributed by atoms with Crippen molar-refractivity contribution in [2.45, 2.75) is 44.0 Å². The number of nitrogens with one attached hydrogen (secondary N) is 1. The van der Waals surface area contributed by atoms with Crippen LogP contribution in [0.15, 0.2) is 33.6 Å². The molecule has 0 saturated heterocycles. The molecular weight excluding hydrogens is 332 g/mol. The van der Waals surface area contributed by atoms with Crippen LogP contribution in [0.4, 0.5) is 0 Å². The second kappa shape index (κ2) is 7.83. The van der Waals surface area contributed by atoms with Gasteiger partial charge in [-0.25, -0.2) is 0 Å². The van der Waals surface area contributed by atoms with Crippen LogP contribution in [0.5, 0.6) is 0 Å². The van der Waals surface area contributed by atoms with Gasteiger partial charge in [-0.15, -0.1) is 11.8 Å². The van der Waals surface area contributed by atoms with Crippen LogP contribution in [0, 0.1) is 17.8 Å². The zero-order valence-electron chi connectivity index (χ0n) is 12.3. The van der Waals surface area contributed by atoms with Crippen LogP contribution in [0.25, 0.3) is 0 Å². The minimum atomic E-state index is 0.400. The van der Waals surface area contributed by atoms with Gasteiger partial charge in [-0.1, -0.05) is 26.0 Å². The molecule has 3 unspecified atom stereocenters. The number of hydrogen-bond acceptors (Lipinski definition) is 3. The van der Waals surface area contributed by atoms with Gasteiger partial charge in [-0.2, -0.15) is 0 Å². The summed E-state index contributed by atoms with van der Waals surface area (Å²) in [6, 6.07) is 8.80. The molecule has 1 saturated carbocycles. The molecule has 20 heavy (non-hydrogen) atoms. The van der Waals surface area contributed by atoms with Gasteiger partial charge in [0.15, 0.2) is 0 Å². The van der Waals surface area contributed by atoms with E-state index >= 15 is 0 Å². The fraction of sp³-hybridized carbons (Fsp3) is 0.625. The van der Waals surface area contributed by atoms with Crippen molar-refractivity contribution in [2.24, 2.45) is 23.6 Å². The number of thioether (sulfide) groups is 1. The van der Waals surface area contributed by atoms with Crippen molar-refractivity contribution in [1.29, 1.82) is 0 Å². The zero-order chi connectivity index (χ0) is 14.5. The summed E-state index contributed by atoms with van der Waals surface area (Å²) in [6.45, 7) is 4.74. The molecule has 0 aromatic heterocycles. The predicted octanol–water partition coefficient (Wildman–Crippen LogP) is 4.45. The molecule has 112 valence electrons. The highest BCUT2D eigenvalue weighted by atomic mass is 79.9. The van der Waals surface area contributed by atoms with Gasteiger partial charge in [0, 0.05) is 21.2 Å². The lowest BCUT2D eigenvalue weighted by Crippen LogP contribution is -2.45. The van der Waals surface area contributed by atoms with Gasteiger partial charge in [0.05, 0.1) is 0 Å². The van der Waals surface area contributed by atoms with E-state index in [0.29, 0.717) is 12.0 Å². The third-order valence-corrected chi connectivity index (χ3v) is 6.40. The molecule has 0 amide bonds. The zero-order valence-corrected chi connectivity index (χ0v) is 14.7. The second-order valence-corrected chi connectivity index (χ2v) is 8.11. The molecule has 0 spiro atoms. The molecule has 0 bridgehead atoms. The fourth-order valence-corrected chi connectivity index (χ4v) is 5.14. The summed E-state index contributed by atoms with van der Waals surface area (Å²) in [5, 5.41) is 0. The Bertz CT molecular complexity index is 417. The Labute approximate surface area is 135 Å². The molecule has 0 heterocycles. The van der Waals surface area contributed by atoms with Crippen LogP contribution in [-0.4, -0.2) is 11.8 Å². The van der Waals surface area contributed by atoms with Crippen molar-refractivity contribution in [1.82, 2.24) is 5.43 Å². The average molecular weight is 357 g/mol. The number of nitrogens with two attached hydrogens (primary N) is 1. The van der Waals surface area contributed by atoms with E-state index in [9.17, 15) is 0 Å². The third kappa shape index (κ3) is 4.48. The summed E-state index contributed by atoms with van der Waals surface area (Å²) >= 11 is 5.50. The van der Waals surface area contributed by atoms with Gasteiger partial charge in [0.2, 0.25) is 0 Å². The number of halogens is 1. The van der Waals surface area contributed by atoms with E-state index < -0.39 is 0 Å². The molecule has 1 fully saturated rings. The largest absolute Gasteiger partial charge is 0.271 e. The lowest BCUT2D eigenvalue weighted by atomic mass is 9.74. The van der Waals surface area contributed by atoms with Gasteiger partial charge >= 0.3 is 0 Å². The minimum absolute atomic E-state index is 0.400. The maximum absolute atomic E-state index is 5.82. The summed E-state index contributed by atoms with van der Waals surface area (Å²) in [5.74, 6) is 9.21. The second-order valence-electron chi connectivity index (χ2n) is 6.19. The van der Waals surface area contributed by atoms with Crippen LogP contribution >= 0.6 is 27.7 Å². The van der Waals surface area contributed by atoms with E-state index in [1.165, 1.54) is 28.6 Å². The molecule has 2 nitrogen and oxygen atoms in total. The highest BCUT2D eigenvalue weighted by Crippen LogP contribution is 2.36. The van der Waals surface area contributed by atoms with Crippen LogP contribution in [0.1, 0.15) is 33.1 Å². The molecule has 4 heteroatoms. The first-order valence-corrected chi connectivity index (χ1v) is 9.21. The van der Waals surface area contributed by atoms with Crippen LogP contribution in [-0.2, 0) is 0 Å². The molecule has 1 aromatic rings. The number of hydrogen-bond donors (Lipinski definition) is 2. The van der Waals surface area contributed by atoms with Crippen molar-refractivity contribution in [3.63, 3.8) is 0 Å². The topological polar surface area (TPSA) is 38.0 Å². The molecule has 3 N–H and O–H groups in total. The summed E-state index contributed by atoms with van der Waals surface area (Å²) in [6.07, 6.45) is 3.97. The standard InChI is InChI=1S/C16H25BrN2S/c1-11-7-12(2)9-13(8-11)15(19-18)10-20-16-6-4-3-5-14(16)17/h3-6,11-13,15,19H,7-10,18H2,1-2H3. The van der Waals surface area contributed by atoms with E-state index in [1.54, 1.807) is 0 Å². The Morgan fingerprint density at radius 2 is 1.90 bits per heavy atom. The van der Waals surface area contributed by atoms with Gasteiger partial charge in [0.25, 0.3) is 0 Å². The van der Waals surface area contributed by atoms with Gasteiger partial charge in [-0.05, 0) is 65.1 Å². The Kier molecular flexibility index (Phi) is 6.40. The van der Waals surface area contributed by atoms with E-state index in [0.717, 1.165) is 17.6 Å². The molecule has 1 aliphatic carbocycles. The molecular formula is C16H25BrN2S. The Morgan fingerprint density at radius 3 is 2.50 bits per heavy atom. The summed E-state index contributed by atoms with van der Waals surface area (Å²) in [5.41, 5.74) is 3.07. The smallest absolute Gasteiger partial charge is 0.0333 e. The molecule has 1 aromatic carbocycles. The van der Waals surface area contributed by atoms with Crippen molar-refractivity contribution in [3.05, 3.63) is 28.7 Å². The van der Waals surface area contributed by atoms with Crippen molar-refractivity contribution in [3.8, 4) is 0 Å². The molecule has 1 aliphatic rings. The lowest BCUT2D eigenvalue weighted by Gasteiger charge is -2.36. The van der Waals surface area contributed by atoms with Crippen LogP contribution < -0.4 is 11.3 Å². The molecule has 3 atom stereocenters. The van der Waals surface area contributed by atoms with Crippen molar-refractivity contribution >= 4 is 27.7 Å². The first kappa shape index (κ1) is 16.3. The minimum Gasteiger partial charge on any atom is -0.271 e. The highest BCUT2D eigenvalue weighted by Gasteiger charge is 2.29. The summed E-state index contributed by atoms with van der Waals surface area (Å²) in [7, 11) is 0. The van der Waals surface area contributed by atoms with Crippen molar-refractivity contribution < 1.29 is 0 Å². The first-order valence-electron chi connectivity index (χ1n) is 7.43. The predicted molar refractivity (Wildman–Crippen MR) is 91.6 cm³/mol. The monoisotopic (exact) mass is 356 g/mol. The number of hydrazine groups is 1. The van der Waals surface area contributed by atoms with E-state index in [2.05, 4.69) is 59.5 Å². The fourth-order valence-electron chi connectivity index (χ4n) is 3.40. The summed E-state index contributed by atoms with van der Waals surface area (Å²) in [4.78, 5) is 1.30. The quantitative estimate of drug-likeness (QED) is 0.465.